The zero-order valence-electron chi connectivity index (χ0n) is 15.0. The summed E-state index contributed by atoms with van der Waals surface area (Å²) in [7, 11) is 3.27. The lowest BCUT2D eigenvalue weighted by Crippen LogP contribution is -2.30. The summed E-state index contributed by atoms with van der Waals surface area (Å²) in [6, 6.07) is 9.02. The Morgan fingerprint density at radius 3 is 2.70 bits per heavy atom. The van der Waals surface area contributed by atoms with Crippen molar-refractivity contribution in [3.63, 3.8) is 0 Å². The zero-order valence-corrected chi connectivity index (χ0v) is 15.8. The average molecular weight is 386 g/mol. The maximum Gasteiger partial charge on any atom is 0.335 e. The Balaban J connectivity index is 1.82. The number of benzene rings is 2. The van der Waals surface area contributed by atoms with Crippen LogP contribution in [0.5, 0.6) is 11.5 Å². The number of methoxy groups -OCH3 is 2. The van der Waals surface area contributed by atoms with Crippen molar-refractivity contribution in [1.29, 1.82) is 0 Å². The van der Waals surface area contributed by atoms with Gasteiger partial charge in [0, 0.05) is 17.5 Å². The second-order valence-electron chi connectivity index (χ2n) is 6.81. The summed E-state index contributed by atoms with van der Waals surface area (Å²) in [5.74, 6) is 0.864. The SMILES string of the molecule is COc1ccc([C@@H]2Nc3c(Cl)cc(C(=O)O)cc3[C@@H]3C=CC[C@@H]32)c(OC)c1. The normalized spacial score (nSPS) is 22.6. The third-order valence-corrected chi connectivity index (χ3v) is 5.74. The number of anilines is 1. The van der Waals surface area contributed by atoms with Gasteiger partial charge in [-0.05, 0) is 42.2 Å². The highest BCUT2D eigenvalue weighted by Crippen LogP contribution is 2.53. The molecule has 5 nitrogen and oxygen atoms in total. The molecule has 2 N–H and O–H groups in total. The van der Waals surface area contributed by atoms with Crippen molar-refractivity contribution < 1.29 is 19.4 Å². The maximum atomic E-state index is 11.4. The fourth-order valence-electron chi connectivity index (χ4n) is 4.16. The van der Waals surface area contributed by atoms with Gasteiger partial charge in [0.25, 0.3) is 0 Å². The first-order valence-corrected chi connectivity index (χ1v) is 9.13. The summed E-state index contributed by atoms with van der Waals surface area (Å²) in [6.07, 6.45) is 5.19. The maximum absolute atomic E-state index is 11.4. The molecule has 3 atom stereocenters. The van der Waals surface area contributed by atoms with E-state index in [1.54, 1.807) is 20.3 Å². The number of allylic oxidation sites excluding steroid dienone is 2. The first-order chi connectivity index (χ1) is 13.0. The van der Waals surface area contributed by atoms with Crippen molar-refractivity contribution in [2.75, 3.05) is 19.5 Å². The van der Waals surface area contributed by atoms with E-state index >= 15 is 0 Å². The van der Waals surface area contributed by atoms with Gasteiger partial charge in [-0.3, -0.25) is 0 Å². The van der Waals surface area contributed by atoms with E-state index in [1.807, 2.05) is 18.2 Å². The predicted molar refractivity (Wildman–Crippen MR) is 104 cm³/mol. The van der Waals surface area contributed by atoms with Crippen LogP contribution in [-0.2, 0) is 0 Å². The van der Waals surface area contributed by atoms with E-state index in [0.717, 1.165) is 34.7 Å². The summed E-state index contributed by atoms with van der Waals surface area (Å²) in [5.41, 5.74) is 2.96. The second-order valence-corrected chi connectivity index (χ2v) is 7.22. The minimum atomic E-state index is -0.975. The monoisotopic (exact) mass is 385 g/mol. The Bertz CT molecular complexity index is 940. The number of nitrogens with one attached hydrogen (secondary N) is 1. The summed E-state index contributed by atoms with van der Waals surface area (Å²) in [6.45, 7) is 0. The van der Waals surface area contributed by atoms with Gasteiger partial charge in [0.1, 0.15) is 11.5 Å². The van der Waals surface area contributed by atoms with Crippen LogP contribution in [0.1, 0.15) is 39.9 Å². The highest BCUT2D eigenvalue weighted by atomic mass is 35.5. The van der Waals surface area contributed by atoms with Crippen LogP contribution in [0.2, 0.25) is 5.02 Å². The summed E-state index contributed by atoms with van der Waals surface area (Å²) in [5, 5.41) is 13.3. The minimum absolute atomic E-state index is 0.00784. The van der Waals surface area contributed by atoms with Gasteiger partial charge in [0.2, 0.25) is 0 Å². The van der Waals surface area contributed by atoms with Crippen LogP contribution in [0.15, 0.2) is 42.5 Å². The largest absolute Gasteiger partial charge is 0.497 e. The first-order valence-electron chi connectivity index (χ1n) is 8.75. The second kappa shape index (κ2) is 6.82. The molecule has 6 heteroatoms. The van der Waals surface area contributed by atoms with Gasteiger partial charge in [-0.25, -0.2) is 4.79 Å². The van der Waals surface area contributed by atoms with Gasteiger partial charge in [-0.1, -0.05) is 23.8 Å². The molecule has 0 bridgehead atoms. The molecule has 1 aliphatic heterocycles. The molecule has 4 rings (SSSR count). The molecule has 2 aromatic rings. The van der Waals surface area contributed by atoms with Crippen LogP contribution in [0.3, 0.4) is 0 Å². The molecule has 0 radical (unpaired) electrons. The van der Waals surface area contributed by atoms with E-state index in [1.165, 1.54) is 6.07 Å². The molecule has 2 aliphatic rings. The van der Waals surface area contributed by atoms with Crippen molar-refractivity contribution in [2.45, 2.75) is 18.4 Å². The third kappa shape index (κ3) is 2.92. The standard InChI is InChI=1S/C21H20ClNO4/c1-26-12-6-7-15(18(10-12)27-2)19-14-5-3-4-13(14)16-8-11(21(24)25)9-17(22)20(16)23-19/h3-4,6-10,13-14,19,23H,5H2,1-2H3,(H,24,25)/t13-,14+,19-/m1/s1. The molecule has 0 fully saturated rings. The van der Waals surface area contributed by atoms with Crippen molar-refractivity contribution in [1.82, 2.24) is 0 Å². The number of halogens is 1. The molecule has 0 spiro atoms. The van der Waals surface area contributed by atoms with Gasteiger partial charge in [-0.15, -0.1) is 0 Å². The lowest BCUT2D eigenvalue weighted by Gasteiger charge is -2.38. The van der Waals surface area contributed by atoms with Gasteiger partial charge in [0.15, 0.2) is 0 Å². The molecule has 0 aromatic heterocycles. The summed E-state index contributed by atoms with van der Waals surface area (Å²) in [4.78, 5) is 11.4. The van der Waals surface area contributed by atoms with E-state index in [4.69, 9.17) is 21.1 Å². The van der Waals surface area contributed by atoms with E-state index < -0.39 is 5.97 Å². The van der Waals surface area contributed by atoms with Crippen LogP contribution in [0.25, 0.3) is 0 Å². The van der Waals surface area contributed by atoms with Gasteiger partial charge in [-0.2, -0.15) is 0 Å². The molecule has 1 aliphatic carbocycles. The molecular weight excluding hydrogens is 366 g/mol. The molecule has 27 heavy (non-hydrogen) atoms. The number of carbonyl (C=O) groups is 1. The van der Waals surface area contributed by atoms with Gasteiger partial charge in [0.05, 0.1) is 36.5 Å². The number of aromatic carboxylic acids is 1. The summed E-state index contributed by atoms with van der Waals surface area (Å²) >= 11 is 6.45. The lowest BCUT2D eigenvalue weighted by atomic mass is 9.76. The van der Waals surface area contributed by atoms with Crippen molar-refractivity contribution in [3.05, 3.63) is 64.2 Å². The van der Waals surface area contributed by atoms with Crippen molar-refractivity contribution in [2.24, 2.45) is 5.92 Å². The lowest BCUT2D eigenvalue weighted by molar-refractivity contribution is 0.0696. The molecule has 0 unspecified atom stereocenters. The van der Waals surface area contributed by atoms with E-state index in [-0.39, 0.29) is 23.4 Å². The van der Waals surface area contributed by atoms with E-state index in [9.17, 15) is 9.90 Å². The molecule has 1 heterocycles. The van der Waals surface area contributed by atoms with E-state index in [2.05, 4.69) is 17.5 Å². The molecule has 0 saturated carbocycles. The molecule has 0 saturated heterocycles. The molecule has 0 amide bonds. The fraction of sp³-hybridized carbons (Fsp3) is 0.286. The van der Waals surface area contributed by atoms with Crippen LogP contribution in [0, 0.1) is 5.92 Å². The fourth-order valence-corrected chi connectivity index (χ4v) is 4.44. The van der Waals surface area contributed by atoms with Gasteiger partial charge >= 0.3 is 5.97 Å². The smallest absolute Gasteiger partial charge is 0.335 e. The number of carboxylic acid groups (broad SMARTS) is 1. The molecular formula is C21H20ClNO4. The first kappa shape index (κ1) is 17.7. The average Bonchev–Trinajstić information content (AvgIpc) is 3.17. The Morgan fingerprint density at radius 1 is 1.19 bits per heavy atom. The number of carboxylic acids is 1. The van der Waals surface area contributed by atoms with E-state index in [0.29, 0.717) is 5.02 Å². The summed E-state index contributed by atoms with van der Waals surface area (Å²) < 4.78 is 10.9. The van der Waals surface area contributed by atoms with Crippen molar-refractivity contribution in [3.8, 4) is 11.5 Å². The highest BCUT2D eigenvalue weighted by molar-refractivity contribution is 6.33. The molecule has 2 aromatic carbocycles. The van der Waals surface area contributed by atoms with Gasteiger partial charge < -0.3 is 19.9 Å². The Kier molecular flexibility index (Phi) is 4.48. The van der Waals surface area contributed by atoms with Crippen molar-refractivity contribution >= 4 is 23.3 Å². The Hall–Kier alpha value is -2.66. The number of rotatable bonds is 4. The topological polar surface area (TPSA) is 67.8 Å². The quantitative estimate of drug-likeness (QED) is 0.734. The number of ether oxygens (including phenoxy) is 2. The van der Waals surface area contributed by atoms with Crippen LogP contribution in [0.4, 0.5) is 5.69 Å². The number of hydrogen-bond donors (Lipinski definition) is 2. The Labute approximate surface area is 162 Å². The number of fused-ring (bicyclic) bond motifs is 3. The highest BCUT2D eigenvalue weighted by Gasteiger charge is 2.40. The molecule has 140 valence electrons. The van der Waals surface area contributed by atoms with Crippen LogP contribution >= 0.6 is 11.6 Å². The third-order valence-electron chi connectivity index (χ3n) is 5.44. The van der Waals surface area contributed by atoms with Crippen LogP contribution in [-0.4, -0.2) is 25.3 Å². The zero-order chi connectivity index (χ0) is 19.1. The Morgan fingerprint density at radius 2 is 2.00 bits per heavy atom. The van der Waals surface area contributed by atoms with Crippen LogP contribution < -0.4 is 14.8 Å². The number of hydrogen-bond acceptors (Lipinski definition) is 4. The minimum Gasteiger partial charge on any atom is -0.497 e. The predicted octanol–water partition coefficient (Wildman–Crippen LogP) is 4.88.